The van der Waals surface area contributed by atoms with Crippen LogP contribution in [0.3, 0.4) is 0 Å². The van der Waals surface area contributed by atoms with Crippen LogP contribution in [0, 0.1) is 11.8 Å². The monoisotopic (exact) mass is 249 g/mol. The Labute approximate surface area is 109 Å². The van der Waals surface area contributed by atoms with Crippen molar-refractivity contribution in [3.63, 3.8) is 0 Å². The molecule has 0 amide bonds. The molecular weight excluding hydrogens is 226 g/mol. The molecule has 2 rings (SSSR count). The summed E-state index contributed by atoms with van der Waals surface area (Å²) in [5.74, 6) is 1.92. The normalized spacial score (nSPS) is 25.7. The van der Waals surface area contributed by atoms with Crippen molar-refractivity contribution in [2.75, 3.05) is 7.11 Å². The maximum Gasteiger partial charge on any atom is 0.233 e. The summed E-state index contributed by atoms with van der Waals surface area (Å²) in [5, 5.41) is 8.18. The minimum absolute atomic E-state index is 0.0118. The van der Waals surface area contributed by atoms with Gasteiger partial charge in [-0.3, -0.25) is 0 Å². The zero-order valence-electron chi connectivity index (χ0n) is 11.3. The van der Waals surface area contributed by atoms with Crippen LogP contribution in [0.4, 0.5) is 0 Å². The molecule has 3 unspecified atom stereocenters. The number of nitrogens with zero attached hydrogens (tertiary/aromatic N) is 2. The van der Waals surface area contributed by atoms with Crippen molar-refractivity contribution < 1.29 is 4.74 Å². The highest BCUT2D eigenvalue weighted by Gasteiger charge is 2.27. The third-order valence-corrected chi connectivity index (χ3v) is 4.12. The molecule has 1 aromatic rings. The van der Waals surface area contributed by atoms with Gasteiger partial charge in [-0.15, -0.1) is 5.10 Å². The van der Waals surface area contributed by atoms with Gasteiger partial charge in [0, 0.05) is 6.07 Å². The number of nitrogens with two attached hydrogens (primary N) is 1. The fourth-order valence-electron chi connectivity index (χ4n) is 2.89. The quantitative estimate of drug-likeness (QED) is 0.891. The first-order valence-electron chi connectivity index (χ1n) is 6.87. The average molecular weight is 249 g/mol. The summed E-state index contributed by atoms with van der Waals surface area (Å²) in [6.07, 6.45) is 6.35. The predicted octanol–water partition coefficient (Wildman–Crippen LogP) is 2.70. The molecule has 1 saturated carbocycles. The Morgan fingerprint density at radius 2 is 2.22 bits per heavy atom. The van der Waals surface area contributed by atoms with Gasteiger partial charge < -0.3 is 10.5 Å². The van der Waals surface area contributed by atoms with E-state index in [4.69, 9.17) is 10.5 Å². The number of hydrogen-bond donors (Lipinski definition) is 1. The molecule has 3 atom stereocenters. The highest BCUT2D eigenvalue weighted by Crippen LogP contribution is 2.36. The number of hydrogen-bond acceptors (Lipinski definition) is 4. The fourth-order valence-corrected chi connectivity index (χ4v) is 2.89. The Balaban J connectivity index is 2.02. The molecule has 0 saturated heterocycles. The summed E-state index contributed by atoms with van der Waals surface area (Å²) in [5.41, 5.74) is 7.22. The lowest BCUT2D eigenvalue weighted by Crippen LogP contribution is -2.27. The van der Waals surface area contributed by atoms with E-state index in [2.05, 4.69) is 17.1 Å². The van der Waals surface area contributed by atoms with E-state index in [1.165, 1.54) is 32.1 Å². The molecule has 0 spiro atoms. The van der Waals surface area contributed by atoms with Gasteiger partial charge in [0.25, 0.3) is 0 Å². The summed E-state index contributed by atoms with van der Waals surface area (Å²) >= 11 is 0. The minimum Gasteiger partial charge on any atom is -0.480 e. The van der Waals surface area contributed by atoms with Gasteiger partial charge in [0.05, 0.1) is 18.8 Å². The third kappa shape index (κ3) is 2.99. The zero-order valence-corrected chi connectivity index (χ0v) is 11.3. The van der Waals surface area contributed by atoms with Crippen LogP contribution in [0.2, 0.25) is 0 Å². The molecule has 1 aliphatic carbocycles. The number of rotatable bonds is 4. The largest absolute Gasteiger partial charge is 0.480 e. The fraction of sp³-hybridized carbons (Fsp3) is 0.714. The Morgan fingerprint density at radius 1 is 1.39 bits per heavy atom. The van der Waals surface area contributed by atoms with Crippen LogP contribution >= 0.6 is 0 Å². The van der Waals surface area contributed by atoms with E-state index in [-0.39, 0.29) is 6.04 Å². The van der Waals surface area contributed by atoms with Gasteiger partial charge in [-0.25, -0.2) is 0 Å². The van der Waals surface area contributed by atoms with Crippen molar-refractivity contribution in [2.24, 2.45) is 17.6 Å². The number of ether oxygens (including phenoxy) is 1. The molecule has 2 N–H and O–H groups in total. The van der Waals surface area contributed by atoms with Gasteiger partial charge in [-0.1, -0.05) is 26.2 Å². The van der Waals surface area contributed by atoms with Crippen LogP contribution in [0.15, 0.2) is 12.1 Å². The smallest absolute Gasteiger partial charge is 0.233 e. The van der Waals surface area contributed by atoms with Crippen molar-refractivity contribution in [1.82, 2.24) is 10.2 Å². The van der Waals surface area contributed by atoms with Gasteiger partial charge in [-0.2, -0.15) is 5.10 Å². The molecule has 0 bridgehead atoms. The lowest BCUT2D eigenvalue weighted by molar-refractivity contribution is 0.227. The Hall–Kier alpha value is -1.16. The molecule has 18 heavy (non-hydrogen) atoms. The highest BCUT2D eigenvalue weighted by molar-refractivity contribution is 5.14. The van der Waals surface area contributed by atoms with Gasteiger partial charge >= 0.3 is 0 Å². The maximum atomic E-state index is 6.33. The van der Waals surface area contributed by atoms with E-state index >= 15 is 0 Å². The maximum absolute atomic E-state index is 6.33. The van der Waals surface area contributed by atoms with Gasteiger partial charge in [0.1, 0.15) is 0 Å². The summed E-state index contributed by atoms with van der Waals surface area (Å²) in [6.45, 7) is 2.27. The summed E-state index contributed by atoms with van der Waals surface area (Å²) in [4.78, 5) is 0. The molecule has 1 aliphatic rings. The Morgan fingerprint density at radius 3 is 2.83 bits per heavy atom. The lowest BCUT2D eigenvalue weighted by atomic mass is 9.76. The first-order valence-corrected chi connectivity index (χ1v) is 6.87. The number of aromatic nitrogens is 2. The summed E-state index contributed by atoms with van der Waals surface area (Å²) in [6, 6.07) is 3.78. The SMILES string of the molecule is CCC1CCCC(C(N)c2ccc(OC)nn2)C1. The lowest BCUT2D eigenvalue weighted by Gasteiger charge is -2.32. The van der Waals surface area contributed by atoms with Crippen molar-refractivity contribution in [1.29, 1.82) is 0 Å². The van der Waals surface area contributed by atoms with Gasteiger partial charge in [-0.05, 0) is 30.7 Å². The second kappa shape index (κ2) is 6.14. The molecule has 4 heteroatoms. The Bertz CT molecular complexity index is 366. The van der Waals surface area contributed by atoms with Crippen LogP contribution < -0.4 is 10.5 Å². The van der Waals surface area contributed by atoms with Crippen molar-refractivity contribution in [3.8, 4) is 5.88 Å². The molecule has 1 aromatic heterocycles. The summed E-state index contributed by atoms with van der Waals surface area (Å²) < 4.78 is 5.01. The molecule has 4 nitrogen and oxygen atoms in total. The topological polar surface area (TPSA) is 61.0 Å². The van der Waals surface area contributed by atoms with Crippen LogP contribution in [-0.2, 0) is 0 Å². The van der Waals surface area contributed by atoms with E-state index in [0.29, 0.717) is 11.8 Å². The number of methoxy groups -OCH3 is 1. The molecular formula is C14H23N3O. The van der Waals surface area contributed by atoms with E-state index < -0.39 is 0 Å². The van der Waals surface area contributed by atoms with E-state index in [1.54, 1.807) is 7.11 Å². The van der Waals surface area contributed by atoms with Crippen LogP contribution in [0.5, 0.6) is 5.88 Å². The molecule has 0 radical (unpaired) electrons. The Kier molecular flexibility index (Phi) is 4.53. The van der Waals surface area contributed by atoms with Crippen molar-refractivity contribution >= 4 is 0 Å². The standard InChI is InChI=1S/C14H23N3O/c1-3-10-5-4-6-11(9-10)14(15)12-7-8-13(18-2)17-16-12/h7-8,10-11,14H,3-6,9,15H2,1-2H3. The van der Waals surface area contributed by atoms with Crippen molar-refractivity contribution in [2.45, 2.75) is 45.1 Å². The van der Waals surface area contributed by atoms with Crippen LogP contribution in [0.25, 0.3) is 0 Å². The molecule has 1 fully saturated rings. The molecule has 100 valence electrons. The summed E-state index contributed by atoms with van der Waals surface area (Å²) in [7, 11) is 1.59. The van der Waals surface area contributed by atoms with Gasteiger partial charge in [0.15, 0.2) is 0 Å². The average Bonchev–Trinajstić information content (AvgIpc) is 2.46. The predicted molar refractivity (Wildman–Crippen MR) is 71.3 cm³/mol. The van der Waals surface area contributed by atoms with E-state index in [0.717, 1.165) is 11.6 Å². The first kappa shape index (κ1) is 13.3. The van der Waals surface area contributed by atoms with Crippen LogP contribution in [-0.4, -0.2) is 17.3 Å². The second-order valence-electron chi connectivity index (χ2n) is 5.23. The molecule has 0 aromatic carbocycles. The second-order valence-corrected chi connectivity index (χ2v) is 5.23. The van der Waals surface area contributed by atoms with Crippen molar-refractivity contribution in [3.05, 3.63) is 17.8 Å². The zero-order chi connectivity index (χ0) is 13.0. The highest BCUT2D eigenvalue weighted by atomic mass is 16.5. The molecule has 1 heterocycles. The first-order chi connectivity index (χ1) is 8.74. The third-order valence-electron chi connectivity index (χ3n) is 4.12. The van der Waals surface area contributed by atoms with E-state index in [9.17, 15) is 0 Å². The minimum atomic E-state index is 0.0118. The van der Waals surface area contributed by atoms with E-state index in [1.807, 2.05) is 12.1 Å². The molecule has 0 aliphatic heterocycles. The van der Waals surface area contributed by atoms with Crippen LogP contribution in [0.1, 0.15) is 50.8 Å². The van der Waals surface area contributed by atoms with Gasteiger partial charge in [0.2, 0.25) is 5.88 Å².